The van der Waals surface area contributed by atoms with Gasteiger partial charge in [0.15, 0.2) is 6.10 Å². The highest BCUT2D eigenvalue weighted by Gasteiger charge is 2.33. The predicted octanol–water partition coefficient (Wildman–Crippen LogP) is 1.93. The van der Waals surface area contributed by atoms with Crippen LogP contribution in [0, 0.1) is 6.92 Å². The van der Waals surface area contributed by atoms with Crippen LogP contribution in [0.4, 0.5) is 4.79 Å². The molecule has 26 heavy (non-hydrogen) atoms. The first-order valence-electron chi connectivity index (χ1n) is 8.01. The van der Waals surface area contributed by atoms with Gasteiger partial charge in [-0.2, -0.15) is 5.10 Å². The average molecular weight is 377 g/mol. The molecule has 2 aromatic rings. The van der Waals surface area contributed by atoms with Crippen LogP contribution in [0.25, 0.3) is 5.69 Å². The van der Waals surface area contributed by atoms with Crippen molar-refractivity contribution in [1.82, 2.24) is 20.0 Å². The molecule has 136 valence electrons. The molecule has 1 atom stereocenters. The number of benzene rings is 1. The second kappa shape index (κ2) is 7.17. The van der Waals surface area contributed by atoms with Crippen molar-refractivity contribution < 1.29 is 19.1 Å². The Morgan fingerprint density at radius 1 is 1.31 bits per heavy atom. The van der Waals surface area contributed by atoms with Gasteiger partial charge in [-0.1, -0.05) is 29.8 Å². The number of urea groups is 1. The monoisotopic (exact) mass is 376 g/mol. The zero-order valence-electron chi connectivity index (χ0n) is 14.2. The molecule has 1 fully saturated rings. The Balaban J connectivity index is 1.79. The topological polar surface area (TPSA) is 93.5 Å². The highest BCUT2D eigenvalue weighted by Crippen LogP contribution is 2.24. The number of hydrogen-bond donors (Lipinski definition) is 1. The lowest BCUT2D eigenvalue weighted by molar-refractivity contribution is -0.136. The van der Waals surface area contributed by atoms with E-state index in [1.54, 1.807) is 19.1 Å². The summed E-state index contributed by atoms with van der Waals surface area (Å²) >= 11 is 6.31. The SMILES string of the molecule is Cc1nn(-c2ccccc2)c(Cl)c1C(=O)O[C@H](C)C(=O)N1CCNC1=O. The normalized spacial score (nSPS) is 14.9. The van der Waals surface area contributed by atoms with E-state index in [9.17, 15) is 14.4 Å². The molecule has 3 rings (SSSR count). The van der Waals surface area contributed by atoms with Crippen molar-refractivity contribution in [3.05, 3.63) is 46.7 Å². The van der Waals surface area contributed by atoms with Gasteiger partial charge in [0.1, 0.15) is 10.7 Å². The maximum absolute atomic E-state index is 12.5. The third-order valence-corrected chi connectivity index (χ3v) is 4.31. The van der Waals surface area contributed by atoms with E-state index in [0.29, 0.717) is 17.9 Å². The number of imide groups is 1. The van der Waals surface area contributed by atoms with E-state index in [4.69, 9.17) is 16.3 Å². The van der Waals surface area contributed by atoms with Gasteiger partial charge in [-0.3, -0.25) is 9.69 Å². The summed E-state index contributed by atoms with van der Waals surface area (Å²) in [6.07, 6.45) is -1.12. The predicted molar refractivity (Wildman–Crippen MR) is 93.3 cm³/mol. The summed E-state index contributed by atoms with van der Waals surface area (Å²) in [6, 6.07) is 8.59. The third kappa shape index (κ3) is 3.28. The third-order valence-electron chi connectivity index (χ3n) is 3.96. The lowest BCUT2D eigenvalue weighted by atomic mass is 10.2. The first-order valence-corrected chi connectivity index (χ1v) is 8.38. The molecule has 0 unspecified atom stereocenters. The molecule has 1 aliphatic rings. The van der Waals surface area contributed by atoms with Crippen molar-refractivity contribution in [2.75, 3.05) is 13.1 Å². The average Bonchev–Trinajstić information content (AvgIpc) is 3.17. The molecule has 0 saturated carbocycles. The second-order valence-electron chi connectivity index (χ2n) is 5.77. The number of para-hydroxylation sites is 1. The van der Waals surface area contributed by atoms with Gasteiger partial charge in [-0.15, -0.1) is 0 Å². The van der Waals surface area contributed by atoms with Crippen LogP contribution in [-0.2, 0) is 9.53 Å². The fourth-order valence-electron chi connectivity index (χ4n) is 2.64. The molecular weight excluding hydrogens is 360 g/mol. The highest BCUT2D eigenvalue weighted by atomic mass is 35.5. The van der Waals surface area contributed by atoms with Gasteiger partial charge in [0.25, 0.3) is 5.91 Å². The van der Waals surface area contributed by atoms with Crippen molar-refractivity contribution in [2.45, 2.75) is 20.0 Å². The number of rotatable bonds is 4. The van der Waals surface area contributed by atoms with Crippen molar-refractivity contribution >= 4 is 29.5 Å². The van der Waals surface area contributed by atoms with E-state index < -0.39 is 24.0 Å². The number of carbonyl (C=O) groups is 3. The van der Waals surface area contributed by atoms with Gasteiger partial charge in [0.2, 0.25) is 0 Å². The Hall–Kier alpha value is -2.87. The summed E-state index contributed by atoms with van der Waals surface area (Å²) in [4.78, 5) is 37.3. The minimum atomic E-state index is -1.12. The molecule has 2 heterocycles. The minimum Gasteiger partial charge on any atom is -0.449 e. The Kier molecular flexibility index (Phi) is 4.94. The molecule has 3 amide bonds. The molecular formula is C17H17ClN4O4. The molecule has 0 spiro atoms. The number of hydrogen-bond acceptors (Lipinski definition) is 5. The summed E-state index contributed by atoms with van der Waals surface area (Å²) in [7, 11) is 0. The van der Waals surface area contributed by atoms with Crippen LogP contribution in [0.5, 0.6) is 0 Å². The van der Waals surface area contributed by atoms with Gasteiger partial charge in [0, 0.05) is 13.1 Å². The van der Waals surface area contributed by atoms with Crippen LogP contribution in [0.3, 0.4) is 0 Å². The number of aryl methyl sites for hydroxylation is 1. The van der Waals surface area contributed by atoms with Crippen LogP contribution in [0.15, 0.2) is 30.3 Å². The first kappa shape index (κ1) is 17.9. The van der Waals surface area contributed by atoms with Crippen molar-refractivity contribution in [1.29, 1.82) is 0 Å². The summed E-state index contributed by atoms with van der Waals surface area (Å²) in [5, 5.41) is 6.88. The van der Waals surface area contributed by atoms with E-state index >= 15 is 0 Å². The highest BCUT2D eigenvalue weighted by molar-refractivity contribution is 6.33. The fraction of sp³-hybridized carbons (Fsp3) is 0.294. The van der Waals surface area contributed by atoms with E-state index in [0.717, 1.165) is 4.90 Å². The molecule has 1 aromatic heterocycles. The molecule has 0 radical (unpaired) electrons. The summed E-state index contributed by atoms with van der Waals surface area (Å²) in [5.41, 5.74) is 1.15. The van der Waals surface area contributed by atoms with E-state index in [1.165, 1.54) is 11.6 Å². The van der Waals surface area contributed by atoms with Crippen molar-refractivity contribution in [3.8, 4) is 5.69 Å². The standard InChI is InChI=1S/C17H17ClN4O4/c1-10-13(14(18)22(20-10)12-6-4-3-5-7-12)16(24)26-11(2)15(23)21-9-8-19-17(21)25/h3-7,11H,8-9H2,1-2H3,(H,19,25)/t11-/m1/s1. The number of nitrogens with one attached hydrogen (secondary N) is 1. The van der Waals surface area contributed by atoms with Gasteiger partial charge < -0.3 is 10.1 Å². The molecule has 0 aliphatic carbocycles. The van der Waals surface area contributed by atoms with Crippen LogP contribution in [0.1, 0.15) is 23.0 Å². The van der Waals surface area contributed by atoms with Crippen molar-refractivity contribution in [3.63, 3.8) is 0 Å². The number of halogens is 1. The van der Waals surface area contributed by atoms with Crippen LogP contribution in [0.2, 0.25) is 5.15 Å². The Labute approximate surface area is 154 Å². The summed E-state index contributed by atoms with van der Waals surface area (Å²) in [6.45, 7) is 3.66. The second-order valence-corrected chi connectivity index (χ2v) is 6.13. The molecule has 1 saturated heterocycles. The number of amides is 3. The number of aromatic nitrogens is 2. The molecule has 0 bridgehead atoms. The van der Waals surface area contributed by atoms with Gasteiger partial charge >= 0.3 is 12.0 Å². The summed E-state index contributed by atoms with van der Waals surface area (Å²) in [5.74, 6) is -1.35. The molecule has 1 aromatic carbocycles. The number of nitrogens with zero attached hydrogens (tertiary/aromatic N) is 3. The Bertz CT molecular complexity index is 865. The van der Waals surface area contributed by atoms with Crippen molar-refractivity contribution in [2.24, 2.45) is 0 Å². The molecule has 9 heteroatoms. The van der Waals surface area contributed by atoms with E-state index in [1.807, 2.05) is 18.2 Å². The maximum atomic E-state index is 12.5. The van der Waals surface area contributed by atoms with E-state index in [-0.39, 0.29) is 17.3 Å². The Morgan fingerprint density at radius 2 is 2.00 bits per heavy atom. The maximum Gasteiger partial charge on any atom is 0.344 e. The number of ether oxygens (including phenoxy) is 1. The lowest BCUT2D eigenvalue weighted by Gasteiger charge is -2.18. The zero-order chi connectivity index (χ0) is 18.8. The molecule has 1 aliphatic heterocycles. The van der Waals surface area contributed by atoms with Crippen LogP contribution >= 0.6 is 11.6 Å². The van der Waals surface area contributed by atoms with Gasteiger partial charge in [-0.25, -0.2) is 14.3 Å². The Morgan fingerprint density at radius 3 is 2.62 bits per heavy atom. The lowest BCUT2D eigenvalue weighted by Crippen LogP contribution is -2.41. The van der Waals surface area contributed by atoms with Crippen LogP contribution in [-0.4, -0.2) is 51.8 Å². The largest absolute Gasteiger partial charge is 0.449 e. The van der Waals surface area contributed by atoms with Gasteiger partial charge in [-0.05, 0) is 26.0 Å². The smallest absolute Gasteiger partial charge is 0.344 e. The summed E-state index contributed by atoms with van der Waals surface area (Å²) < 4.78 is 6.65. The molecule has 1 N–H and O–H groups in total. The number of esters is 1. The molecule has 8 nitrogen and oxygen atoms in total. The minimum absolute atomic E-state index is 0.0843. The first-order chi connectivity index (χ1) is 12.4. The fourth-order valence-corrected chi connectivity index (χ4v) is 2.99. The zero-order valence-corrected chi connectivity index (χ0v) is 15.0. The van der Waals surface area contributed by atoms with Crippen LogP contribution < -0.4 is 5.32 Å². The quantitative estimate of drug-likeness (QED) is 0.823. The van der Waals surface area contributed by atoms with Gasteiger partial charge in [0.05, 0.1) is 11.4 Å². The van der Waals surface area contributed by atoms with E-state index in [2.05, 4.69) is 10.4 Å². The number of carbonyl (C=O) groups excluding carboxylic acids is 3.